The topological polar surface area (TPSA) is 95.5 Å². The summed E-state index contributed by atoms with van der Waals surface area (Å²) >= 11 is 0. The first-order valence-corrected chi connectivity index (χ1v) is 6.74. The largest absolute Gasteiger partial charge is 0.481 e. The van der Waals surface area contributed by atoms with Gasteiger partial charge in [0.1, 0.15) is 0 Å². The van der Waals surface area contributed by atoms with Crippen LogP contribution in [0.5, 0.6) is 0 Å². The molecule has 1 unspecified atom stereocenters. The van der Waals surface area contributed by atoms with Crippen LogP contribution < -0.4 is 10.6 Å². The monoisotopic (exact) mass is 248 g/mol. The van der Waals surface area contributed by atoms with E-state index in [9.17, 15) is 13.8 Å². The Morgan fingerprint density at radius 2 is 2.00 bits per heavy atom. The normalized spacial score (nSPS) is 18.6. The summed E-state index contributed by atoms with van der Waals surface area (Å²) in [6, 6.07) is -0.405. The van der Waals surface area contributed by atoms with E-state index in [1.54, 1.807) is 6.26 Å². The van der Waals surface area contributed by atoms with Crippen molar-refractivity contribution in [1.29, 1.82) is 0 Å². The van der Waals surface area contributed by atoms with Gasteiger partial charge in [0.15, 0.2) is 0 Å². The van der Waals surface area contributed by atoms with Crippen LogP contribution in [0.1, 0.15) is 12.8 Å². The summed E-state index contributed by atoms with van der Waals surface area (Å²) in [6.07, 6.45) is 2.78. The first-order chi connectivity index (χ1) is 7.46. The van der Waals surface area contributed by atoms with Gasteiger partial charge < -0.3 is 15.7 Å². The molecule has 7 heteroatoms. The number of carboxylic acid groups (broad SMARTS) is 1. The molecule has 0 aliphatic heterocycles. The third-order valence-electron chi connectivity index (χ3n) is 2.57. The zero-order chi connectivity index (χ0) is 12.2. The Hall–Kier alpha value is -1.11. The van der Waals surface area contributed by atoms with Crippen LogP contribution in [0.2, 0.25) is 0 Å². The van der Waals surface area contributed by atoms with E-state index in [1.165, 1.54) is 0 Å². The van der Waals surface area contributed by atoms with Crippen LogP contribution in [-0.2, 0) is 15.6 Å². The number of carbonyl (C=O) groups excluding carboxylic acids is 1. The zero-order valence-electron chi connectivity index (χ0n) is 9.12. The van der Waals surface area contributed by atoms with Gasteiger partial charge in [-0.3, -0.25) is 9.00 Å². The fourth-order valence-corrected chi connectivity index (χ4v) is 1.63. The Balaban J connectivity index is 2.16. The lowest BCUT2D eigenvalue weighted by Gasteiger charge is -2.11. The van der Waals surface area contributed by atoms with Crippen LogP contribution in [-0.4, -0.2) is 46.4 Å². The number of nitrogens with one attached hydrogen (secondary N) is 2. The van der Waals surface area contributed by atoms with Crippen molar-refractivity contribution in [3.8, 4) is 0 Å². The van der Waals surface area contributed by atoms with Crippen LogP contribution >= 0.6 is 0 Å². The second-order valence-electron chi connectivity index (χ2n) is 3.97. The van der Waals surface area contributed by atoms with Crippen LogP contribution in [0.4, 0.5) is 4.79 Å². The Morgan fingerprint density at radius 3 is 2.44 bits per heavy atom. The van der Waals surface area contributed by atoms with E-state index in [4.69, 9.17) is 5.11 Å². The van der Waals surface area contributed by atoms with Gasteiger partial charge in [0, 0.05) is 35.9 Å². The van der Waals surface area contributed by atoms with Crippen molar-refractivity contribution in [1.82, 2.24) is 10.6 Å². The van der Waals surface area contributed by atoms with E-state index in [1.807, 2.05) is 0 Å². The highest BCUT2D eigenvalue weighted by molar-refractivity contribution is 7.84. The van der Waals surface area contributed by atoms with Gasteiger partial charge in [0.05, 0.1) is 5.41 Å². The van der Waals surface area contributed by atoms with Gasteiger partial charge in [0.25, 0.3) is 0 Å². The van der Waals surface area contributed by atoms with Crippen molar-refractivity contribution in [3.63, 3.8) is 0 Å². The molecule has 2 amide bonds. The Bertz CT molecular complexity index is 315. The molecule has 16 heavy (non-hydrogen) atoms. The lowest BCUT2D eigenvalue weighted by atomic mass is 10.1. The number of amides is 2. The smallest absolute Gasteiger partial charge is 0.314 e. The molecular weight excluding hydrogens is 232 g/mol. The van der Waals surface area contributed by atoms with Gasteiger partial charge >= 0.3 is 12.0 Å². The molecule has 0 spiro atoms. The molecule has 1 atom stereocenters. The predicted octanol–water partition coefficient (Wildman–Crippen LogP) is -0.471. The minimum atomic E-state index is -0.935. The SMILES string of the molecule is CS(=O)CCNC(=O)NCC1(C(=O)O)CC1. The lowest BCUT2D eigenvalue weighted by Crippen LogP contribution is -2.41. The molecule has 6 nitrogen and oxygen atoms in total. The maximum Gasteiger partial charge on any atom is 0.314 e. The first-order valence-electron chi connectivity index (χ1n) is 5.01. The van der Waals surface area contributed by atoms with E-state index in [2.05, 4.69) is 10.6 Å². The Labute approximate surface area is 96.2 Å². The van der Waals surface area contributed by atoms with Gasteiger partial charge in [-0.05, 0) is 12.8 Å². The molecule has 1 fully saturated rings. The van der Waals surface area contributed by atoms with Crippen LogP contribution in [0.3, 0.4) is 0 Å². The molecule has 0 bridgehead atoms. The molecule has 0 radical (unpaired) electrons. The van der Waals surface area contributed by atoms with E-state index in [0.717, 1.165) is 0 Å². The van der Waals surface area contributed by atoms with Gasteiger partial charge in [-0.15, -0.1) is 0 Å². The molecule has 0 saturated heterocycles. The maximum atomic E-state index is 11.2. The molecule has 1 aliphatic rings. The summed E-state index contributed by atoms with van der Waals surface area (Å²) in [5.41, 5.74) is -0.745. The fourth-order valence-electron chi connectivity index (χ4n) is 1.24. The van der Waals surface area contributed by atoms with Gasteiger partial charge in [-0.2, -0.15) is 0 Å². The summed E-state index contributed by atoms with van der Waals surface area (Å²) in [7, 11) is -0.935. The van der Waals surface area contributed by atoms with Gasteiger partial charge in [0.2, 0.25) is 0 Å². The summed E-state index contributed by atoms with van der Waals surface area (Å²) in [5, 5.41) is 13.9. The van der Waals surface area contributed by atoms with Crippen molar-refractivity contribution in [3.05, 3.63) is 0 Å². The number of hydrogen-bond donors (Lipinski definition) is 3. The van der Waals surface area contributed by atoms with Crippen LogP contribution in [0.25, 0.3) is 0 Å². The molecule has 1 aliphatic carbocycles. The predicted molar refractivity (Wildman–Crippen MR) is 59.6 cm³/mol. The number of carbonyl (C=O) groups is 2. The second-order valence-corrected chi connectivity index (χ2v) is 5.53. The lowest BCUT2D eigenvalue weighted by molar-refractivity contribution is -0.143. The Kier molecular flexibility index (Phi) is 4.28. The van der Waals surface area contributed by atoms with E-state index in [0.29, 0.717) is 25.1 Å². The first kappa shape index (κ1) is 13.0. The highest BCUT2D eigenvalue weighted by atomic mass is 32.2. The summed E-state index contributed by atoms with van der Waals surface area (Å²) in [6.45, 7) is 0.485. The van der Waals surface area contributed by atoms with E-state index in [-0.39, 0.29) is 6.54 Å². The fraction of sp³-hybridized carbons (Fsp3) is 0.778. The molecule has 0 aromatic rings. The molecular formula is C9H16N2O4S. The highest BCUT2D eigenvalue weighted by Crippen LogP contribution is 2.45. The number of aliphatic carboxylic acids is 1. The summed E-state index contributed by atoms with van der Waals surface area (Å²) < 4.78 is 10.7. The number of carboxylic acids is 1. The van der Waals surface area contributed by atoms with E-state index >= 15 is 0 Å². The standard InChI is InChI=1S/C9H16N2O4S/c1-16(15)5-4-10-8(14)11-6-9(2-3-9)7(12)13/h2-6H2,1H3,(H,12,13)(H2,10,11,14). The molecule has 1 saturated carbocycles. The van der Waals surface area contributed by atoms with Gasteiger partial charge in [-0.25, -0.2) is 4.79 Å². The van der Waals surface area contributed by atoms with Crippen molar-refractivity contribution in [2.24, 2.45) is 5.41 Å². The zero-order valence-corrected chi connectivity index (χ0v) is 9.93. The molecule has 0 aromatic heterocycles. The van der Waals surface area contributed by atoms with Crippen molar-refractivity contribution in [2.45, 2.75) is 12.8 Å². The quantitative estimate of drug-likeness (QED) is 0.592. The molecule has 1 rings (SSSR count). The third kappa shape index (κ3) is 3.80. The van der Waals surface area contributed by atoms with Crippen molar-refractivity contribution >= 4 is 22.8 Å². The van der Waals surface area contributed by atoms with Crippen LogP contribution in [0, 0.1) is 5.41 Å². The van der Waals surface area contributed by atoms with Crippen LogP contribution in [0.15, 0.2) is 0 Å². The molecule has 3 N–H and O–H groups in total. The Morgan fingerprint density at radius 1 is 1.38 bits per heavy atom. The third-order valence-corrected chi connectivity index (χ3v) is 3.35. The average molecular weight is 248 g/mol. The summed E-state index contributed by atoms with van der Waals surface area (Å²) in [5.74, 6) is -0.459. The minimum Gasteiger partial charge on any atom is -0.481 e. The molecule has 92 valence electrons. The maximum absolute atomic E-state index is 11.2. The van der Waals surface area contributed by atoms with Crippen molar-refractivity contribution < 1.29 is 18.9 Å². The molecule has 0 heterocycles. The second kappa shape index (κ2) is 5.29. The highest BCUT2D eigenvalue weighted by Gasteiger charge is 2.50. The average Bonchev–Trinajstić information content (AvgIpc) is 2.95. The number of rotatable bonds is 6. The number of hydrogen-bond acceptors (Lipinski definition) is 3. The number of urea groups is 1. The van der Waals surface area contributed by atoms with Crippen molar-refractivity contribution in [2.75, 3.05) is 25.1 Å². The summed E-state index contributed by atoms with van der Waals surface area (Å²) in [4.78, 5) is 22.0. The van der Waals surface area contributed by atoms with Gasteiger partial charge in [-0.1, -0.05) is 0 Å². The van der Waals surface area contributed by atoms with E-state index < -0.39 is 28.2 Å². The minimum absolute atomic E-state index is 0.156. The molecule has 0 aromatic carbocycles.